The van der Waals surface area contributed by atoms with Gasteiger partial charge < -0.3 is 15.7 Å². The van der Waals surface area contributed by atoms with E-state index in [0.29, 0.717) is 6.54 Å². The number of carbonyl (C=O) groups excluding carboxylic acids is 1. The zero-order chi connectivity index (χ0) is 15.1. The molecule has 2 amide bonds. The first-order chi connectivity index (χ1) is 10.2. The second-order valence-corrected chi connectivity index (χ2v) is 4.83. The van der Waals surface area contributed by atoms with Gasteiger partial charge in [0.15, 0.2) is 0 Å². The third-order valence-corrected chi connectivity index (χ3v) is 2.99. The maximum absolute atomic E-state index is 11.6. The molecular formula is C16H19N3O2. The van der Waals surface area contributed by atoms with Gasteiger partial charge in [-0.2, -0.15) is 0 Å². The minimum atomic E-state index is -0.292. The number of carbonyl (C=O) groups is 1. The molecule has 5 nitrogen and oxygen atoms in total. The zero-order valence-electron chi connectivity index (χ0n) is 11.9. The number of hydrogen-bond acceptors (Lipinski definition) is 3. The van der Waals surface area contributed by atoms with Gasteiger partial charge in [-0.25, -0.2) is 4.79 Å². The molecule has 0 saturated carbocycles. The summed E-state index contributed by atoms with van der Waals surface area (Å²) in [4.78, 5) is 15.9. The van der Waals surface area contributed by atoms with E-state index in [2.05, 4.69) is 15.6 Å². The van der Waals surface area contributed by atoms with E-state index in [1.54, 1.807) is 13.1 Å². The van der Waals surface area contributed by atoms with Gasteiger partial charge in [0.05, 0.1) is 18.3 Å². The molecule has 0 bridgehead atoms. The minimum Gasteiger partial charge on any atom is -0.394 e. The molecule has 1 aromatic heterocycles. The average molecular weight is 285 g/mol. The van der Waals surface area contributed by atoms with Gasteiger partial charge in [0.1, 0.15) is 0 Å². The van der Waals surface area contributed by atoms with E-state index in [9.17, 15) is 4.79 Å². The molecule has 0 aliphatic rings. The summed E-state index contributed by atoms with van der Waals surface area (Å²) < 4.78 is 0. The van der Waals surface area contributed by atoms with Crippen LogP contribution in [0.2, 0.25) is 0 Å². The Kier molecular flexibility index (Phi) is 5.29. The standard InChI is InChI=1S/C16H19N3O2/c1-12(11-20)19-16(21)18-10-13-5-4-6-14(9-13)15-7-2-3-8-17-15/h2-9,12,20H,10-11H2,1H3,(H2,18,19,21)/t12-/m0/s1. The maximum atomic E-state index is 11.6. The van der Waals surface area contributed by atoms with Gasteiger partial charge in [-0.15, -0.1) is 0 Å². The Balaban J connectivity index is 1.97. The number of nitrogens with one attached hydrogen (secondary N) is 2. The summed E-state index contributed by atoms with van der Waals surface area (Å²) in [6.45, 7) is 2.08. The monoisotopic (exact) mass is 285 g/mol. The average Bonchev–Trinajstić information content (AvgIpc) is 2.54. The fourth-order valence-corrected chi connectivity index (χ4v) is 1.88. The molecule has 0 aliphatic carbocycles. The third kappa shape index (κ3) is 4.57. The normalized spacial score (nSPS) is 11.7. The highest BCUT2D eigenvalue weighted by Crippen LogP contribution is 2.17. The third-order valence-electron chi connectivity index (χ3n) is 2.99. The lowest BCUT2D eigenvalue weighted by atomic mass is 10.1. The van der Waals surface area contributed by atoms with Crippen LogP contribution in [0, 0.1) is 0 Å². The predicted octanol–water partition coefficient (Wildman–Crippen LogP) is 1.93. The van der Waals surface area contributed by atoms with Crippen molar-refractivity contribution < 1.29 is 9.90 Å². The van der Waals surface area contributed by atoms with Crippen molar-refractivity contribution >= 4 is 6.03 Å². The number of aliphatic hydroxyl groups is 1. The van der Waals surface area contributed by atoms with E-state index in [1.807, 2.05) is 42.5 Å². The number of pyridine rings is 1. The highest BCUT2D eigenvalue weighted by atomic mass is 16.3. The molecule has 110 valence electrons. The van der Waals surface area contributed by atoms with Crippen molar-refractivity contribution in [2.45, 2.75) is 19.5 Å². The number of benzene rings is 1. The number of aliphatic hydroxyl groups excluding tert-OH is 1. The van der Waals surface area contributed by atoms with E-state index in [4.69, 9.17) is 5.11 Å². The van der Waals surface area contributed by atoms with Crippen LogP contribution >= 0.6 is 0 Å². The van der Waals surface area contributed by atoms with Gasteiger partial charge in [0.2, 0.25) is 0 Å². The quantitative estimate of drug-likeness (QED) is 0.786. The van der Waals surface area contributed by atoms with Crippen molar-refractivity contribution in [3.8, 4) is 11.3 Å². The second kappa shape index (κ2) is 7.40. The Labute approximate surface area is 124 Å². The first-order valence-corrected chi connectivity index (χ1v) is 6.84. The van der Waals surface area contributed by atoms with Crippen LogP contribution in [0.3, 0.4) is 0 Å². The molecule has 1 aromatic carbocycles. The number of aromatic nitrogens is 1. The van der Waals surface area contributed by atoms with Crippen molar-refractivity contribution in [1.29, 1.82) is 0 Å². The highest BCUT2D eigenvalue weighted by molar-refractivity contribution is 5.74. The summed E-state index contributed by atoms with van der Waals surface area (Å²) in [5.41, 5.74) is 2.90. The fraction of sp³-hybridized carbons (Fsp3) is 0.250. The van der Waals surface area contributed by atoms with Crippen LogP contribution in [0.15, 0.2) is 48.7 Å². The topological polar surface area (TPSA) is 74.2 Å². The molecule has 0 aliphatic heterocycles. The SMILES string of the molecule is C[C@@H](CO)NC(=O)NCc1cccc(-c2ccccn2)c1. The van der Waals surface area contributed by atoms with E-state index in [-0.39, 0.29) is 18.7 Å². The van der Waals surface area contributed by atoms with Gasteiger partial charge >= 0.3 is 6.03 Å². The first kappa shape index (κ1) is 15.0. The highest BCUT2D eigenvalue weighted by Gasteiger charge is 2.06. The molecule has 21 heavy (non-hydrogen) atoms. The van der Waals surface area contributed by atoms with E-state index in [0.717, 1.165) is 16.8 Å². The molecule has 3 N–H and O–H groups in total. The second-order valence-electron chi connectivity index (χ2n) is 4.83. The van der Waals surface area contributed by atoms with E-state index < -0.39 is 0 Å². The lowest BCUT2D eigenvalue weighted by molar-refractivity contribution is 0.220. The smallest absolute Gasteiger partial charge is 0.315 e. The Hall–Kier alpha value is -2.40. The number of rotatable bonds is 5. The van der Waals surface area contributed by atoms with Crippen LogP contribution in [0.5, 0.6) is 0 Å². The molecule has 0 fully saturated rings. The van der Waals surface area contributed by atoms with Crippen LogP contribution in [0.25, 0.3) is 11.3 Å². The largest absolute Gasteiger partial charge is 0.394 e. The summed E-state index contributed by atoms with van der Waals surface area (Å²) in [6, 6.07) is 13.1. The molecule has 0 unspecified atom stereocenters. The minimum absolute atomic E-state index is 0.0808. The molecule has 1 atom stereocenters. The van der Waals surface area contributed by atoms with Gasteiger partial charge in [-0.05, 0) is 30.7 Å². The van der Waals surface area contributed by atoms with Crippen molar-refractivity contribution in [1.82, 2.24) is 15.6 Å². The summed E-state index contributed by atoms with van der Waals surface area (Å²) in [5.74, 6) is 0. The summed E-state index contributed by atoms with van der Waals surface area (Å²) in [7, 11) is 0. The molecule has 0 saturated heterocycles. The fourth-order valence-electron chi connectivity index (χ4n) is 1.88. The summed E-state index contributed by atoms with van der Waals surface area (Å²) in [5, 5.41) is 14.3. The lowest BCUT2D eigenvalue weighted by Gasteiger charge is -2.12. The van der Waals surface area contributed by atoms with Crippen LogP contribution < -0.4 is 10.6 Å². The summed E-state index contributed by atoms with van der Waals surface area (Å²) in [6.07, 6.45) is 1.75. The van der Waals surface area contributed by atoms with Crippen LogP contribution in [-0.2, 0) is 6.54 Å². The Morgan fingerprint density at radius 3 is 2.86 bits per heavy atom. The molecule has 2 rings (SSSR count). The molecule has 2 aromatic rings. The maximum Gasteiger partial charge on any atom is 0.315 e. The van der Waals surface area contributed by atoms with Gasteiger partial charge in [-0.3, -0.25) is 4.98 Å². The Morgan fingerprint density at radius 2 is 2.14 bits per heavy atom. The molecule has 0 spiro atoms. The Morgan fingerprint density at radius 1 is 1.29 bits per heavy atom. The lowest BCUT2D eigenvalue weighted by Crippen LogP contribution is -2.41. The van der Waals surface area contributed by atoms with Gasteiger partial charge in [-0.1, -0.05) is 24.3 Å². The van der Waals surface area contributed by atoms with Crippen LogP contribution in [0.1, 0.15) is 12.5 Å². The van der Waals surface area contributed by atoms with Crippen molar-refractivity contribution in [2.24, 2.45) is 0 Å². The Bertz CT molecular complexity index is 587. The number of hydrogen-bond donors (Lipinski definition) is 3. The van der Waals surface area contributed by atoms with E-state index >= 15 is 0 Å². The van der Waals surface area contributed by atoms with Crippen molar-refractivity contribution in [2.75, 3.05) is 6.61 Å². The first-order valence-electron chi connectivity index (χ1n) is 6.84. The number of nitrogens with zero attached hydrogens (tertiary/aromatic N) is 1. The molecular weight excluding hydrogens is 266 g/mol. The summed E-state index contributed by atoms with van der Waals surface area (Å²) >= 11 is 0. The van der Waals surface area contributed by atoms with E-state index in [1.165, 1.54) is 0 Å². The van der Waals surface area contributed by atoms with Crippen molar-refractivity contribution in [3.63, 3.8) is 0 Å². The van der Waals surface area contributed by atoms with Gasteiger partial charge in [0, 0.05) is 18.3 Å². The number of amides is 2. The van der Waals surface area contributed by atoms with Crippen molar-refractivity contribution in [3.05, 3.63) is 54.2 Å². The van der Waals surface area contributed by atoms with Gasteiger partial charge in [0.25, 0.3) is 0 Å². The molecule has 5 heteroatoms. The molecule has 1 heterocycles. The van der Waals surface area contributed by atoms with Crippen LogP contribution in [0.4, 0.5) is 4.79 Å². The zero-order valence-corrected chi connectivity index (χ0v) is 11.9. The predicted molar refractivity (Wildman–Crippen MR) is 81.6 cm³/mol. The number of urea groups is 1. The molecule has 0 radical (unpaired) electrons. The van der Waals surface area contributed by atoms with Crippen LogP contribution in [-0.4, -0.2) is 28.8 Å².